The molecule has 2 atom stereocenters. The van der Waals surface area contributed by atoms with Crippen LogP contribution in [-0.4, -0.2) is 59.9 Å². The number of carbonyl (C=O) groups excluding carboxylic acids is 1. The number of esters is 1. The van der Waals surface area contributed by atoms with E-state index in [1.165, 1.54) is 38.5 Å². The maximum absolute atomic E-state index is 11.4. The minimum atomic E-state index is -0.853. The van der Waals surface area contributed by atoms with Gasteiger partial charge in [0.15, 0.2) is 0 Å². The summed E-state index contributed by atoms with van der Waals surface area (Å²) in [5.74, 6) is -0.287. The molecule has 0 saturated carbocycles. The molecule has 0 aliphatic carbocycles. The molecule has 0 bridgehead atoms. The summed E-state index contributed by atoms with van der Waals surface area (Å²) in [6.45, 7) is 1.95. The number of rotatable bonds is 21. The van der Waals surface area contributed by atoms with E-state index in [0.717, 1.165) is 32.1 Å². The maximum atomic E-state index is 11.4. The average Bonchev–Trinajstić information content (AvgIpc) is 2.73. The molecule has 0 radical (unpaired) electrons. The van der Waals surface area contributed by atoms with Crippen molar-refractivity contribution in [3.63, 3.8) is 0 Å². The van der Waals surface area contributed by atoms with E-state index in [1.807, 2.05) is 0 Å². The number of carbonyl (C=O) groups is 1. The number of aliphatic hydroxyl groups excluding tert-OH is 3. The van der Waals surface area contributed by atoms with E-state index in [9.17, 15) is 9.90 Å². The molecule has 0 spiro atoms. The topological polar surface area (TPSA) is 96.2 Å². The van der Waals surface area contributed by atoms with Gasteiger partial charge >= 0.3 is 5.97 Å². The molecule has 0 aromatic rings. The van der Waals surface area contributed by atoms with Gasteiger partial charge in [-0.05, 0) is 38.5 Å². The molecule has 0 saturated heterocycles. The molecule has 6 heteroatoms. The van der Waals surface area contributed by atoms with Crippen LogP contribution >= 0.6 is 0 Å². The lowest BCUT2D eigenvalue weighted by atomic mass is 10.0. The lowest BCUT2D eigenvalue weighted by Gasteiger charge is -2.19. The van der Waals surface area contributed by atoms with E-state index in [0.29, 0.717) is 12.8 Å². The van der Waals surface area contributed by atoms with E-state index >= 15 is 0 Å². The average molecular weight is 417 g/mol. The fourth-order valence-electron chi connectivity index (χ4n) is 3.04. The third kappa shape index (κ3) is 20.1. The fourth-order valence-corrected chi connectivity index (χ4v) is 3.04. The maximum Gasteiger partial charge on any atom is 0.305 e. The second kappa shape index (κ2) is 21.8. The highest BCUT2D eigenvalue weighted by atomic mass is 16.5. The normalized spacial score (nSPS) is 13.7. The minimum absolute atomic E-state index is 0.00311. The van der Waals surface area contributed by atoms with Crippen LogP contribution in [-0.2, 0) is 14.3 Å². The van der Waals surface area contributed by atoms with E-state index in [-0.39, 0.29) is 38.5 Å². The first-order chi connectivity index (χ1) is 14.1. The van der Waals surface area contributed by atoms with Crippen LogP contribution in [0.25, 0.3) is 0 Å². The molecule has 2 unspecified atom stereocenters. The molecule has 0 heterocycles. The van der Waals surface area contributed by atoms with Gasteiger partial charge in [0.05, 0.1) is 25.9 Å². The second-order valence-electron chi connectivity index (χ2n) is 7.59. The number of hydrogen-bond acceptors (Lipinski definition) is 6. The zero-order valence-electron chi connectivity index (χ0n) is 18.4. The molecule has 3 N–H and O–H groups in total. The summed E-state index contributed by atoms with van der Waals surface area (Å²) in [4.78, 5) is 11.4. The van der Waals surface area contributed by atoms with Crippen molar-refractivity contribution in [2.45, 2.75) is 103 Å². The summed E-state index contributed by atoms with van der Waals surface area (Å²) >= 11 is 0. The van der Waals surface area contributed by atoms with E-state index in [1.54, 1.807) is 0 Å². The zero-order chi connectivity index (χ0) is 21.6. The Labute approximate surface area is 177 Å². The van der Waals surface area contributed by atoms with Gasteiger partial charge in [0.1, 0.15) is 12.7 Å². The summed E-state index contributed by atoms with van der Waals surface area (Å²) in [5, 5.41) is 27.1. The highest BCUT2D eigenvalue weighted by molar-refractivity contribution is 5.69. The van der Waals surface area contributed by atoms with Crippen LogP contribution in [0.4, 0.5) is 0 Å². The molecule has 29 heavy (non-hydrogen) atoms. The van der Waals surface area contributed by atoms with Gasteiger partial charge < -0.3 is 24.8 Å². The van der Waals surface area contributed by atoms with Crippen molar-refractivity contribution in [1.29, 1.82) is 0 Å². The monoisotopic (exact) mass is 416 g/mol. The number of hydrogen-bond donors (Lipinski definition) is 3. The Hall–Kier alpha value is -0.950. The van der Waals surface area contributed by atoms with Gasteiger partial charge in [0.25, 0.3) is 0 Å². The molecule has 0 aromatic heterocycles. The molecule has 0 amide bonds. The lowest BCUT2D eigenvalue weighted by Crippen LogP contribution is -2.24. The summed E-state index contributed by atoms with van der Waals surface area (Å²) < 4.78 is 10.6. The van der Waals surface area contributed by atoms with E-state index in [4.69, 9.17) is 19.7 Å². The smallest absolute Gasteiger partial charge is 0.305 e. The van der Waals surface area contributed by atoms with Crippen molar-refractivity contribution in [2.24, 2.45) is 0 Å². The fraction of sp³-hybridized carbons (Fsp3) is 0.870. The summed E-state index contributed by atoms with van der Waals surface area (Å²) in [6, 6.07) is 0. The molecule has 0 aliphatic rings. The minimum Gasteiger partial charge on any atom is -0.463 e. The van der Waals surface area contributed by atoms with Gasteiger partial charge in [0.2, 0.25) is 0 Å². The molecule has 0 aliphatic heterocycles. The zero-order valence-corrected chi connectivity index (χ0v) is 18.4. The number of allylic oxidation sites excluding steroid dienone is 2. The summed E-state index contributed by atoms with van der Waals surface area (Å²) in [5.41, 5.74) is 0. The van der Waals surface area contributed by atoms with Crippen molar-refractivity contribution < 1.29 is 29.6 Å². The van der Waals surface area contributed by atoms with Crippen molar-refractivity contribution >= 4 is 5.97 Å². The van der Waals surface area contributed by atoms with E-state index in [2.05, 4.69) is 19.1 Å². The Morgan fingerprint density at radius 3 is 2.38 bits per heavy atom. The number of ether oxygens (including phenoxy) is 2. The number of unbranched alkanes of at least 4 members (excludes halogenated alkanes) is 7. The first kappa shape index (κ1) is 28.1. The van der Waals surface area contributed by atoms with Gasteiger partial charge in [-0.25, -0.2) is 0 Å². The standard InChI is InChI=1S/C23H44O6/c1-2-3-4-5-6-7-8-9-10-11-14-22(29-20-21(26)19-25)15-12-13-16-23(27)28-18-17-24/h9-10,21-22,24-26H,2-8,11-20H2,1H3/b10-9-. The summed E-state index contributed by atoms with van der Waals surface area (Å²) in [7, 11) is 0. The third-order valence-corrected chi connectivity index (χ3v) is 4.79. The van der Waals surface area contributed by atoms with Crippen molar-refractivity contribution in [3.8, 4) is 0 Å². The molecule has 0 fully saturated rings. The largest absolute Gasteiger partial charge is 0.463 e. The Kier molecular flexibility index (Phi) is 21.0. The highest BCUT2D eigenvalue weighted by Crippen LogP contribution is 2.14. The second-order valence-corrected chi connectivity index (χ2v) is 7.59. The van der Waals surface area contributed by atoms with Gasteiger partial charge in [0, 0.05) is 6.42 Å². The Balaban J connectivity index is 3.98. The molecular weight excluding hydrogens is 372 g/mol. The van der Waals surface area contributed by atoms with Crippen molar-refractivity contribution in [2.75, 3.05) is 26.4 Å². The summed E-state index contributed by atoms with van der Waals surface area (Å²) in [6.07, 6.45) is 17.0. The third-order valence-electron chi connectivity index (χ3n) is 4.79. The Morgan fingerprint density at radius 1 is 0.931 bits per heavy atom. The van der Waals surface area contributed by atoms with Crippen LogP contribution in [0.1, 0.15) is 90.4 Å². The molecule has 0 aromatic carbocycles. The predicted molar refractivity (Wildman–Crippen MR) is 116 cm³/mol. The Morgan fingerprint density at radius 2 is 1.66 bits per heavy atom. The quantitative estimate of drug-likeness (QED) is 0.149. The SMILES string of the molecule is CCCCCCCC/C=C\CCC(CCCCC(=O)OCCO)OCC(O)CO. The Bertz CT molecular complexity index is 386. The molecular formula is C23H44O6. The first-order valence-electron chi connectivity index (χ1n) is 11.5. The van der Waals surface area contributed by atoms with Crippen LogP contribution in [0.15, 0.2) is 12.2 Å². The van der Waals surface area contributed by atoms with E-state index < -0.39 is 6.10 Å². The van der Waals surface area contributed by atoms with Crippen LogP contribution in [0, 0.1) is 0 Å². The molecule has 172 valence electrons. The van der Waals surface area contributed by atoms with Gasteiger partial charge in [-0.15, -0.1) is 0 Å². The first-order valence-corrected chi connectivity index (χ1v) is 11.5. The highest BCUT2D eigenvalue weighted by Gasteiger charge is 2.12. The molecule has 6 nitrogen and oxygen atoms in total. The van der Waals surface area contributed by atoms with Gasteiger partial charge in [-0.1, -0.05) is 57.6 Å². The number of aliphatic hydroxyl groups is 3. The van der Waals surface area contributed by atoms with Crippen molar-refractivity contribution in [1.82, 2.24) is 0 Å². The van der Waals surface area contributed by atoms with Crippen LogP contribution in [0.2, 0.25) is 0 Å². The predicted octanol–water partition coefficient (Wildman–Crippen LogP) is 3.91. The van der Waals surface area contributed by atoms with Crippen molar-refractivity contribution in [3.05, 3.63) is 12.2 Å². The van der Waals surface area contributed by atoms with Gasteiger partial charge in [-0.2, -0.15) is 0 Å². The van der Waals surface area contributed by atoms with Crippen LogP contribution in [0.5, 0.6) is 0 Å². The van der Waals surface area contributed by atoms with Gasteiger partial charge in [-0.3, -0.25) is 4.79 Å². The van der Waals surface area contributed by atoms with Crippen LogP contribution < -0.4 is 0 Å². The molecule has 0 rings (SSSR count). The lowest BCUT2D eigenvalue weighted by molar-refractivity contribution is -0.144. The van der Waals surface area contributed by atoms with Crippen LogP contribution in [0.3, 0.4) is 0 Å².